The molecule has 5 rings (SSSR count). The fourth-order valence-corrected chi connectivity index (χ4v) is 8.23. The highest BCUT2D eigenvalue weighted by Crippen LogP contribution is 2.41. The molecule has 0 aromatic heterocycles. The maximum Gasteiger partial charge on any atom is -0.00212 e. The van der Waals surface area contributed by atoms with E-state index in [1.54, 1.807) is 11.1 Å². The van der Waals surface area contributed by atoms with E-state index in [2.05, 4.69) is 102 Å². The van der Waals surface area contributed by atoms with Gasteiger partial charge in [0.05, 0.1) is 0 Å². The SMILES string of the molecule is C=C(C)c1ccc(C(=C)C)cc1.CCCCCCCCCCCCc1cc(C)c2ccc3c(C)cc(CCCCCCCCCC)c4ccc1c2c34. The summed E-state index contributed by atoms with van der Waals surface area (Å²) in [5, 5.41) is 9.03. The molecule has 0 aliphatic carbocycles. The van der Waals surface area contributed by atoms with Crippen molar-refractivity contribution in [3.63, 3.8) is 0 Å². The predicted molar refractivity (Wildman–Crippen MR) is 237 cm³/mol. The Morgan fingerprint density at radius 1 is 0.404 bits per heavy atom. The van der Waals surface area contributed by atoms with Gasteiger partial charge in [-0.1, -0.05) is 202 Å². The predicted octanol–water partition coefficient (Wildman–Crippen LogP) is 17.1. The largest absolute Gasteiger partial charge is 0.0955 e. The lowest BCUT2D eigenvalue weighted by Crippen LogP contribution is -1.97. The van der Waals surface area contributed by atoms with E-state index >= 15 is 0 Å². The number of unbranched alkanes of at least 4 members (excludes halogenated alkanes) is 16. The van der Waals surface area contributed by atoms with Crippen molar-refractivity contribution in [1.29, 1.82) is 0 Å². The van der Waals surface area contributed by atoms with Gasteiger partial charge in [0.15, 0.2) is 0 Å². The molecule has 0 aliphatic heterocycles. The molecular weight excluding hydrogens is 625 g/mol. The van der Waals surface area contributed by atoms with Gasteiger partial charge in [-0.3, -0.25) is 0 Å². The second kappa shape index (κ2) is 22.0. The quantitative estimate of drug-likeness (QED) is 0.0499. The minimum absolute atomic E-state index is 1.10. The lowest BCUT2D eigenvalue weighted by molar-refractivity contribution is 0.556. The molecule has 280 valence electrons. The monoisotopic (exact) mass is 697 g/mol. The van der Waals surface area contributed by atoms with Crippen LogP contribution < -0.4 is 0 Å². The zero-order valence-corrected chi connectivity index (χ0v) is 34.3. The summed E-state index contributed by atoms with van der Waals surface area (Å²) in [5.41, 5.74) is 10.6. The Morgan fingerprint density at radius 3 is 1.00 bits per heavy atom. The molecule has 0 nitrogen and oxygen atoms in total. The molecule has 0 bridgehead atoms. The molecule has 0 heteroatoms. The third kappa shape index (κ3) is 11.8. The highest BCUT2D eigenvalue weighted by Gasteiger charge is 2.16. The molecule has 0 radical (unpaired) electrons. The third-order valence-electron chi connectivity index (χ3n) is 11.5. The van der Waals surface area contributed by atoms with E-state index in [1.807, 2.05) is 13.8 Å². The molecular formula is C52H72. The van der Waals surface area contributed by atoms with E-state index in [-0.39, 0.29) is 0 Å². The summed E-state index contributed by atoms with van der Waals surface area (Å²) in [5.74, 6) is 0. The summed E-state index contributed by atoms with van der Waals surface area (Å²) in [6.45, 7) is 21.1. The second-order valence-electron chi connectivity index (χ2n) is 16.1. The van der Waals surface area contributed by atoms with Crippen molar-refractivity contribution in [2.45, 2.75) is 170 Å². The van der Waals surface area contributed by atoms with Gasteiger partial charge in [-0.2, -0.15) is 0 Å². The average Bonchev–Trinajstić information content (AvgIpc) is 3.14. The van der Waals surface area contributed by atoms with Crippen molar-refractivity contribution < 1.29 is 0 Å². The van der Waals surface area contributed by atoms with Crippen LogP contribution in [-0.4, -0.2) is 0 Å². The van der Waals surface area contributed by atoms with Crippen molar-refractivity contribution >= 4 is 43.5 Å². The second-order valence-corrected chi connectivity index (χ2v) is 16.1. The van der Waals surface area contributed by atoms with Crippen LogP contribution >= 0.6 is 0 Å². The first-order chi connectivity index (χ1) is 25.3. The van der Waals surface area contributed by atoms with Crippen molar-refractivity contribution in [2.24, 2.45) is 0 Å². The Hall–Kier alpha value is -3.38. The van der Waals surface area contributed by atoms with Crippen LogP contribution in [0.25, 0.3) is 43.5 Å². The molecule has 0 fully saturated rings. The summed E-state index contributed by atoms with van der Waals surface area (Å²) < 4.78 is 0. The molecule has 0 saturated carbocycles. The van der Waals surface area contributed by atoms with Gasteiger partial charge in [0.25, 0.3) is 0 Å². The molecule has 0 spiro atoms. The summed E-state index contributed by atoms with van der Waals surface area (Å²) in [7, 11) is 0. The molecule has 0 atom stereocenters. The molecule has 0 aliphatic rings. The summed E-state index contributed by atoms with van der Waals surface area (Å²) in [6.07, 6.45) is 27.6. The van der Waals surface area contributed by atoms with Crippen molar-refractivity contribution in [3.8, 4) is 0 Å². The summed E-state index contributed by atoms with van der Waals surface area (Å²) >= 11 is 0. The minimum atomic E-state index is 1.10. The summed E-state index contributed by atoms with van der Waals surface area (Å²) in [4.78, 5) is 0. The Kier molecular flexibility index (Phi) is 17.5. The summed E-state index contributed by atoms with van der Waals surface area (Å²) in [6, 6.07) is 23.0. The van der Waals surface area contributed by atoms with Gasteiger partial charge < -0.3 is 0 Å². The van der Waals surface area contributed by atoms with Crippen LogP contribution in [0.15, 0.2) is 73.8 Å². The van der Waals surface area contributed by atoms with Gasteiger partial charge in [0, 0.05) is 0 Å². The van der Waals surface area contributed by atoms with Gasteiger partial charge in [-0.15, -0.1) is 0 Å². The number of hydrogen-bond donors (Lipinski definition) is 0. The maximum absolute atomic E-state index is 3.88. The van der Waals surface area contributed by atoms with Crippen LogP contribution in [-0.2, 0) is 12.8 Å². The zero-order chi connectivity index (χ0) is 37.3. The van der Waals surface area contributed by atoms with Gasteiger partial charge >= 0.3 is 0 Å². The number of rotatable bonds is 22. The standard InChI is InChI=1S/C40H58.C12H14/c1-5-7-9-11-13-15-16-18-20-22-24-34-30-32(4)36-26-25-35-31(3)29-33(23-21-19-17-14-12-10-8-6-2)37-27-28-38(34)40(36)39(35)37;1-9(2)11-5-7-12(8-6-11)10(3)4/h25-30H,5-24H2,1-4H3;5-8H,1,3H2,2,4H3. The molecule has 52 heavy (non-hydrogen) atoms. The van der Waals surface area contributed by atoms with Crippen LogP contribution in [0.4, 0.5) is 0 Å². The molecule has 5 aromatic rings. The van der Waals surface area contributed by atoms with E-state index in [0.717, 1.165) is 11.1 Å². The lowest BCUT2D eigenvalue weighted by Gasteiger charge is -2.19. The molecule has 0 heterocycles. The maximum atomic E-state index is 3.88. The third-order valence-corrected chi connectivity index (χ3v) is 11.5. The number of hydrogen-bond acceptors (Lipinski definition) is 0. The molecule has 0 amide bonds. The Bertz CT molecular complexity index is 1780. The first kappa shape index (κ1) is 41.4. The Morgan fingerprint density at radius 2 is 0.692 bits per heavy atom. The van der Waals surface area contributed by atoms with E-state index < -0.39 is 0 Å². The van der Waals surface area contributed by atoms with Crippen LogP contribution in [0.5, 0.6) is 0 Å². The van der Waals surface area contributed by atoms with E-state index in [1.165, 1.54) is 183 Å². The Labute approximate surface area is 319 Å². The van der Waals surface area contributed by atoms with Crippen molar-refractivity contribution in [2.75, 3.05) is 0 Å². The average molecular weight is 697 g/mol. The van der Waals surface area contributed by atoms with Crippen LogP contribution in [0, 0.1) is 13.8 Å². The number of allylic oxidation sites excluding steroid dienone is 2. The lowest BCUT2D eigenvalue weighted by atomic mass is 9.85. The number of aryl methyl sites for hydroxylation is 4. The number of benzene rings is 5. The van der Waals surface area contributed by atoms with Crippen molar-refractivity contribution in [1.82, 2.24) is 0 Å². The van der Waals surface area contributed by atoms with Crippen LogP contribution in [0.2, 0.25) is 0 Å². The smallest absolute Gasteiger partial charge is 0.00212 e. The normalized spacial score (nSPS) is 11.4. The highest BCUT2D eigenvalue weighted by atomic mass is 14.2. The topological polar surface area (TPSA) is 0 Å². The van der Waals surface area contributed by atoms with Gasteiger partial charge in [-0.05, 0) is 119 Å². The van der Waals surface area contributed by atoms with E-state index in [9.17, 15) is 0 Å². The van der Waals surface area contributed by atoms with Crippen LogP contribution in [0.1, 0.15) is 177 Å². The molecule has 5 aromatic carbocycles. The van der Waals surface area contributed by atoms with E-state index in [4.69, 9.17) is 0 Å². The fourth-order valence-electron chi connectivity index (χ4n) is 8.23. The minimum Gasteiger partial charge on any atom is -0.0955 e. The highest BCUT2D eigenvalue weighted by molar-refractivity contribution is 6.25. The molecule has 0 saturated heterocycles. The first-order valence-electron chi connectivity index (χ1n) is 21.4. The van der Waals surface area contributed by atoms with Crippen LogP contribution in [0.3, 0.4) is 0 Å². The zero-order valence-electron chi connectivity index (χ0n) is 34.3. The molecule has 0 unspecified atom stereocenters. The molecule has 0 N–H and O–H groups in total. The van der Waals surface area contributed by atoms with Gasteiger partial charge in [-0.25, -0.2) is 0 Å². The van der Waals surface area contributed by atoms with Crippen molar-refractivity contribution in [3.05, 3.63) is 107 Å². The van der Waals surface area contributed by atoms with Gasteiger partial charge in [0.2, 0.25) is 0 Å². The van der Waals surface area contributed by atoms with Gasteiger partial charge in [0.1, 0.15) is 0 Å². The Balaban J connectivity index is 0.000000427. The fraction of sp³-hybridized carbons (Fsp3) is 0.500. The van der Waals surface area contributed by atoms with E-state index in [0.29, 0.717) is 0 Å². The first-order valence-corrected chi connectivity index (χ1v) is 21.4.